The summed E-state index contributed by atoms with van der Waals surface area (Å²) in [4.78, 5) is 0. The van der Waals surface area contributed by atoms with Crippen molar-refractivity contribution in [2.45, 2.75) is 77.6 Å². The van der Waals surface area contributed by atoms with Gasteiger partial charge in [-0.25, -0.2) is 4.18 Å². The van der Waals surface area contributed by atoms with Crippen molar-refractivity contribution >= 4 is 40.0 Å². The molecule has 1 aromatic rings. The van der Waals surface area contributed by atoms with Gasteiger partial charge in [0, 0.05) is 0 Å². The van der Waals surface area contributed by atoms with Gasteiger partial charge in [-0.2, -0.15) is 8.42 Å². The predicted molar refractivity (Wildman–Crippen MR) is 145 cm³/mol. The van der Waals surface area contributed by atoms with E-state index in [2.05, 4.69) is 23.2 Å². The van der Waals surface area contributed by atoms with Gasteiger partial charge in [0.05, 0.1) is 46.2 Å². The number of rotatable bonds is 25. The fraction of sp³-hybridized carbons (Fsp3) is 0.769. The molecule has 0 heterocycles. The van der Waals surface area contributed by atoms with Crippen molar-refractivity contribution in [1.82, 2.24) is 0 Å². The summed E-state index contributed by atoms with van der Waals surface area (Å²) in [6, 6.07) is 8.24. The molecule has 0 bridgehead atoms. The molecular formula is C26H47NaO8S. The predicted octanol–water partition coefficient (Wildman–Crippen LogP) is 4.75. The minimum atomic E-state index is -4.41. The Hall–Kier alpha value is -0.230. The first-order chi connectivity index (χ1) is 17.0. The molecule has 1 N–H and O–H groups in total. The quantitative estimate of drug-likeness (QED) is 0.107. The van der Waals surface area contributed by atoms with E-state index < -0.39 is 10.4 Å². The second-order valence-electron chi connectivity index (χ2n) is 8.47. The zero-order chi connectivity index (χ0) is 25.5. The van der Waals surface area contributed by atoms with Crippen molar-refractivity contribution in [3.8, 4) is 5.75 Å². The molecule has 0 saturated heterocycles. The van der Waals surface area contributed by atoms with Crippen molar-refractivity contribution in [1.29, 1.82) is 0 Å². The van der Waals surface area contributed by atoms with Crippen LogP contribution in [0.4, 0.5) is 0 Å². The molecule has 0 fully saturated rings. The number of aryl methyl sites for hydroxylation is 1. The Balaban J connectivity index is 0.0000122. The third-order valence-electron chi connectivity index (χ3n) is 5.46. The Kier molecular flexibility index (Phi) is 24.9. The Morgan fingerprint density at radius 3 is 1.69 bits per heavy atom. The van der Waals surface area contributed by atoms with Crippen molar-refractivity contribution in [3.05, 3.63) is 29.8 Å². The number of unbranched alkanes of at least 4 members (excludes halogenated alkanes) is 9. The number of hydrogen-bond acceptors (Lipinski definition) is 7. The van der Waals surface area contributed by atoms with Crippen LogP contribution in [0, 0.1) is 0 Å². The topological polar surface area (TPSA) is 101 Å². The van der Waals surface area contributed by atoms with Gasteiger partial charge in [0.25, 0.3) is 0 Å². The standard InChI is InChI=1S/C26H46O8S.Na.H/c1-2-3-4-5-6-7-8-9-10-11-14-25-15-12-13-16-26(25)33-23-21-31-19-17-30-18-20-32-22-24-34-35(27,28)29;;/h12-13,15-16H,2-11,14,17-24H2,1H3,(H,27,28,29);;. The van der Waals surface area contributed by atoms with Gasteiger partial charge in [-0.05, 0) is 24.5 Å². The van der Waals surface area contributed by atoms with E-state index in [0.717, 1.165) is 12.2 Å². The maximum absolute atomic E-state index is 10.4. The summed E-state index contributed by atoms with van der Waals surface area (Å²) in [6.45, 7) is 4.60. The van der Waals surface area contributed by atoms with Gasteiger partial charge < -0.3 is 18.9 Å². The first-order valence-corrected chi connectivity index (χ1v) is 14.4. The van der Waals surface area contributed by atoms with Crippen LogP contribution in [0.5, 0.6) is 5.75 Å². The van der Waals surface area contributed by atoms with Crippen LogP contribution < -0.4 is 4.74 Å². The third-order valence-corrected chi connectivity index (χ3v) is 5.93. The average Bonchev–Trinajstić information content (AvgIpc) is 2.83. The third kappa shape index (κ3) is 22.9. The molecule has 1 aromatic carbocycles. The molecule has 8 nitrogen and oxygen atoms in total. The number of benzene rings is 1. The summed E-state index contributed by atoms with van der Waals surface area (Å²) < 4.78 is 55.2. The van der Waals surface area contributed by atoms with Crippen LogP contribution >= 0.6 is 0 Å². The Morgan fingerprint density at radius 1 is 0.667 bits per heavy atom. The molecule has 1 rings (SSSR count). The van der Waals surface area contributed by atoms with E-state index in [4.69, 9.17) is 23.5 Å². The summed E-state index contributed by atoms with van der Waals surface area (Å²) >= 11 is 0. The molecule has 0 aliphatic heterocycles. The second-order valence-corrected chi connectivity index (χ2v) is 9.57. The zero-order valence-electron chi connectivity index (χ0n) is 21.5. The van der Waals surface area contributed by atoms with E-state index in [9.17, 15) is 8.42 Å². The summed E-state index contributed by atoms with van der Waals surface area (Å²) in [5.74, 6) is 0.943. The first kappa shape index (κ1) is 35.8. The molecular weight excluding hydrogens is 495 g/mol. The van der Waals surface area contributed by atoms with E-state index in [0.29, 0.717) is 39.6 Å². The molecule has 206 valence electrons. The van der Waals surface area contributed by atoms with Gasteiger partial charge >= 0.3 is 40.0 Å². The Labute approximate surface area is 241 Å². The van der Waals surface area contributed by atoms with Crippen LogP contribution in [0.2, 0.25) is 0 Å². The van der Waals surface area contributed by atoms with Crippen LogP contribution in [0.1, 0.15) is 76.7 Å². The van der Waals surface area contributed by atoms with Gasteiger partial charge in [0.15, 0.2) is 0 Å². The van der Waals surface area contributed by atoms with Gasteiger partial charge in [0.1, 0.15) is 12.4 Å². The molecule has 0 aromatic heterocycles. The van der Waals surface area contributed by atoms with Crippen LogP contribution in [-0.4, -0.2) is 95.4 Å². The molecule has 0 amide bonds. The zero-order valence-corrected chi connectivity index (χ0v) is 22.3. The van der Waals surface area contributed by atoms with E-state index in [1.54, 1.807) is 0 Å². The average molecular weight is 543 g/mol. The minimum absolute atomic E-state index is 0. The van der Waals surface area contributed by atoms with E-state index >= 15 is 0 Å². The van der Waals surface area contributed by atoms with Gasteiger partial charge in [0.2, 0.25) is 0 Å². The summed E-state index contributed by atoms with van der Waals surface area (Å²) in [5.41, 5.74) is 1.26. The number of hydrogen-bond donors (Lipinski definition) is 1. The van der Waals surface area contributed by atoms with Gasteiger partial charge in [-0.3, -0.25) is 4.55 Å². The molecule has 0 spiro atoms. The molecule has 0 atom stereocenters. The van der Waals surface area contributed by atoms with Crippen molar-refractivity contribution in [2.24, 2.45) is 0 Å². The van der Waals surface area contributed by atoms with E-state index in [1.165, 1.54) is 69.8 Å². The monoisotopic (exact) mass is 542 g/mol. The van der Waals surface area contributed by atoms with Crippen molar-refractivity contribution in [3.63, 3.8) is 0 Å². The number of para-hydroxylation sites is 1. The normalized spacial score (nSPS) is 11.4. The van der Waals surface area contributed by atoms with Crippen LogP contribution in [-0.2, 0) is 35.2 Å². The molecule has 0 aliphatic carbocycles. The fourth-order valence-corrected chi connectivity index (χ4v) is 3.88. The van der Waals surface area contributed by atoms with Crippen LogP contribution in [0.3, 0.4) is 0 Å². The fourth-order valence-electron chi connectivity index (χ4n) is 3.60. The summed E-state index contributed by atoms with van der Waals surface area (Å²) in [5, 5.41) is 0. The summed E-state index contributed by atoms with van der Waals surface area (Å²) in [6.07, 6.45) is 14.4. The molecule has 0 saturated carbocycles. The van der Waals surface area contributed by atoms with Crippen molar-refractivity contribution < 1.29 is 36.1 Å². The second kappa shape index (κ2) is 25.1. The molecule has 0 radical (unpaired) electrons. The Morgan fingerprint density at radius 2 is 1.14 bits per heavy atom. The van der Waals surface area contributed by atoms with Gasteiger partial charge in [-0.15, -0.1) is 0 Å². The molecule has 36 heavy (non-hydrogen) atoms. The first-order valence-electron chi connectivity index (χ1n) is 13.1. The number of ether oxygens (including phenoxy) is 4. The van der Waals surface area contributed by atoms with Crippen molar-refractivity contribution in [2.75, 3.05) is 52.9 Å². The molecule has 0 unspecified atom stereocenters. The SMILES string of the molecule is CCCCCCCCCCCCc1ccccc1OCCOCCOCCOCCOS(=O)(=O)O.[NaH]. The molecule has 10 heteroatoms. The molecule has 0 aliphatic rings. The van der Waals surface area contributed by atoms with Gasteiger partial charge in [-0.1, -0.05) is 82.9 Å². The van der Waals surface area contributed by atoms with E-state index in [-0.39, 0.29) is 42.8 Å². The van der Waals surface area contributed by atoms with Crippen LogP contribution in [0.25, 0.3) is 0 Å². The summed E-state index contributed by atoms with van der Waals surface area (Å²) in [7, 11) is -4.41. The maximum atomic E-state index is 10.4. The Bertz CT molecular complexity index is 718. The van der Waals surface area contributed by atoms with Crippen LogP contribution in [0.15, 0.2) is 24.3 Å². The van der Waals surface area contributed by atoms with E-state index in [1.807, 2.05) is 12.1 Å².